The third kappa shape index (κ3) is 2.48. The highest BCUT2D eigenvalue weighted by atomic mass is 79.9. The number of anilines is 1. The highest BCUT2D eigenvalue weighted by Crippen LogP contribution is 2.32. The minimum absolute atomic E-state index is 0.167. The summed E-state index contributed by atoms with van der Waals surface area (Å²) in [5.41, 5.74) is 0.587. The number of thioether (sulfide) groups is 1. The van der Waals surface area contributed by atoms with Gasteiger partial charge in [-0.2, -0.15) is 5.10 Å². The number of hydrogen-bond acceptors (Lipinski definition) is 5. The molecular formula is C12H9BrN4O2S. The van der Waals surface area contributed by atoms with Crippen molar-refractivity contribution in [2.75, 3.05) is 4.90 Å². The van der Waals surface area contributed by atoms with Gasteiger partial charge in [0.1, 0.15) is 11.6 Å². The predicted octanol–water partition coefficient (Wildman–Crippen LogP) is 1.99. The van der Waals surface area contributed by atoms with Crippen LogP contribution < -0.4 is 4.90 Å². The summed E-state index contributed by atoms with van der Waals surface area (Å²) < 4.78 is 0.896. The molecule has 1 atom stereocenters. The van der Waals surface area contributed by atoms with E-state index in [1.54, 1.807) is 24.3 Å². The molecule has 2 heterocycles. The highest BCUT2D eigenvalue weighted by Gasteiger charge is 2.40. The minimum Gasteiger partial charge on any atom is -0.274 e. The van der Waals surface area contributed by atoms with Crippen LogP contribution in [0.5, 0.6) is 0 Å². The average Bonchev–Trinajstić information content (AvgIpc) is 3.02. The molecule has 1 aromatic heterocycles. The van der Waals surface area contributed by atoms with Gasteiger partial charge in [0.2, 0.25) is 11.8 Å². The molecule has 1 saturated heterocycles. The molecule has 1 aliphatic heterocycles. The van der Waals surface area contributed by atoms with E-state index in [1.807, 2.05) is 0 Å². The van der Waals surface area contributed by atoms with Gasteiger partial charge < -0.3 is 0 Å². The van der Waals surface area contributed by atoms with Gasteiger partial charge in [-0.3, -0.25) is 14.7 Å². The lowest BCUT2D eigenvalue weighted by Crippen LogP contribution is -2.31. The van der Waals surface area contributed by atoms with E-state index in [4.69, 9.17) is 0 Å². The molecular weight excluding hydrogens is 344 g/mol. The maximum absolute atomic E-state index is 12.3. The number of nitrogens with zero attached hydrogens (tertiary/aromatic N) is 3. The molecule has 0 spiro atoms. The van der Waals surface area contributed by atoms with Crippen molar-refractivity contribution in [1.82, 2.24) is 15.2 Å². The number of aromatic nitrogens is 3. The topological polar surface area (TPSA) is 79.0 Å². The van der Waals surface area contributed by atoms with Crippen LogP contribution in [-0.2, 0) is 9.59 Å². The Labute approximate surface area is 127 Å². The second-order valence-electron chi connectivity index (χ2n) is 4.15. The van der Waals surface area contributed by atoms with Gasteiger partial charge in [-0.1, -0.05) is 27.7 Å². The number of benzene rings is 1. The molecule has 0 saturated carbocycles. The van der Waals surface area contributed by atoms with E-state index in [9.17, 15) is 9.59 Å². The number of rotatable bonds is 3. The first-order valence-electron chi connectivity index (χ1n) is 5.79. The Hall–Kier alpha value is -1.67. The summed E-state index contributed by atoms with van der Waals surface area (Å²) >= 11 is 4.54. The number of aromatic amines is 1. The second kappa shape index (κ2) is 5.37. The van der Waals surface area contributed by atoms with Crippen molar-refractivity contribution in [2.45, 2.75) is 16.8 Å². The largest absolute Gasteiger partial charge is 0.274 e. The molecule has 1 aliphatic rings. The van der Waals surface area contributed by atoms with Crippen molar-refractivity contribution in [3.05, 3.63) is 35.1 Å². The Morgan fingerprint density at radius 1 is 1.30 bits per heavy atom. The van der Waals surface area contributed by atoms with Crippen LogP contribution >= 0.6 is 27.7 Å². The van der Waals surface area contributed by atoms with Gasteiger partial charge in [0.15, 0.2) is 5.16 Å². The fourth-order valence-corrected chi connectivity index (χ4v) is 3.12. The molecule has 1 aromatic carbocycles. The molecule has 102 valence electrons. The molecule has 0 bridgehead atoms. The van der Waals surface area contributed by atoms with Crippen LogP contribution in [0.4, 0.5) is 5.69 Å². The van der Waals surface area contributed by atoms with E-state index < -0.39 is 5.25 Å². The third-order valence-electron chi connectivity index (χ3n) is 2.84. The molecule has 6 nitrogen and oxygen atoms in total. The number of carbonyl (C=O) groups excluding carboxylic acids is 2. The molecule has 0 radical (unpaired) electrons. The molecule has 0 aliphatic carbocycles. The van der Waals surface area contributed by atoms with Crippen molar-refractivity contribution in [3.63, 3.8) is 0 Å². The number of hydrogen-bond donors (Lipinski definition) is 1. The van der Waals surface area contributed by atoms with E-state index in [-0.39, 0.29) is 18.2 Å². The lowest BCUT2D eigenvalue weighted by molar-refractivity contribution is -0.121. The van der Waals surface area contributed by atoms with Gasteiger partial charge in [-0.15, -0.1) is 0 Å². The smallest absolute Gasteiger partial charge is 0.247 e. The molecule has 2 amide bonds. The monoisotopic (exact) mass is 352 g/mol. The zero-order valence-electron chi connectivity index (χ0n) is 10.1. The Bertz CT molecular complexity index is 644. The molecule has 20 heavy (non-hydrogen) atoms. The van der Waals surface area contributed by atoms with Gasteiger partial charge in [0.05, 0.1) is 5.69 Å². The van der Waals surface area contributed by atoms with Gasteiger partial charge in [0, 0.05) is 10.9 Å². The first-order valence-corrected chi connectivity index (χ1v) is 7.47. The zero-order chi connectivity index (χ0) is 14.1. The Balaban J connectivity index is 1.81. The zero-order valence-corrected chi connectivity index (χ0v) is 12.5. The molecule has 1 N–H and O–H groups in total. The maximum Gasteiger partial charge on any atom is 0.247 e. The second-order valence-corrected chi connectivity index (χ2v) is 6.25. The standard InChI is InChI=1S/C12H9BrN4O2S/c13-7-1-3-8(4-2-7)17-10(18)5-9(11(17)19)20-12-14-6-15-16-12/h1-4,6,9H,5H2,(H,14,15,16)/t9-/m1/s1. The van der Waals surface area contributed by atoms with Crippen molar-refractivity contribution in [2.24, 2.45) is 0 Å². The van der Waals surface area contributed by atoms with Crippen molar-refractivity contribution in [1.29, 1.82) is 0 Å². The summed E-state index contributed by atoms with van der Waals surface area (Å²) in [5, 5.41) is 6.48. The fraction of sp³-hybridized carbons (Fsp3) is 0.167. The first-order chi connectivity index (χ1) is 9.65. The minimum atomic E-state index is -0.459. The van der Waals surface area contributed by atoms with E-state index in [1.165, 1.54) is 23.0 Å². The molecule has 2 aromatic rings. The Kier molecular flexibility index (Phi) is 3.58. The van der Waals surface area contributed by atoms with E-state index in [0.29, 0.717) is 10.8 Å². The van der Waals surface area contributed by atoms with Crippen LogP contribution in [0.3, 0.4) is 0 Å². The quantitative estimate of drug-likeness (QED) is 0.854. The number of nitrogens with one attached hydrogen (secondary N) is 1. The summed E-state index contributed by atoms with van der Waals surface area (Å²) in [4.78, 5) is 29.6. The van der Waals surface area contributed by atoms with Crippen LogP contribution in [0.15, 0.2) is 40.2 Å². The van der Waals surface area contributed by atoms with Crippen LogP contribution in [0.1, 0.15) is 6.42 Å². The maximum atomic E-state index is 12.3. The van der Waals surface area contributed by atoms with Crippen molar-refractivity contribution in [3.8, 4) is 0 Å². The lowest BCUT2D eigenvalue weighted by atomic mass is 10.3. The van der Waals surface area contributed by atoms with Crippen LogP contribution in [0.2, 0.25) is 0 Å². The number of halogens is 1. The first kappa shape index (κ1) is 13.3. The SMILES string of the molecule is O=C1C[C@@H](Sc2ncn[nH]2)C(=O)N1c1ccc(Br)cc1. The third-order valence-corrected chi connectivity index (χ3v) is 4.44. The number of amides is 2. The van der Waals surface area contributed by atoms with Gasteiger partial charge in [-0.25, -0.2) is 9.88 Å². The molecule has 0 unspecified atom stereocenters. The van der Waals surface area contributed by atoms with Crippen molar-refractivity contribution < 1.29 is 9.59 Å². The van der Waals surface area contributed by atoms with Gasteiger partial charge >= 0.3 is 0 Å². The fourth-order valence-electron chi connectivity index (χ4n) is 1.94. The summed E-state index contributed by atoms with van der Waals surface area (Å²) in [6.45, 7) is 0. The summed E-state index contributed by atoms with van der Waals surface area (Å²) in [5.74, 6) is -0.423. The lowest BCUT2D eigenvalue weighted by Gasteiger charge is -2.14. The predicted molar refractivity (Wildman–Crippen MR) is 77.3 cm³/mol. The molecule has 1 fully saturated rings. The normalized spacial score (nSPS) is 18.9. The van der Waals surface area contributed by atoms with E-state index >= 15 is 0 Å². The Morgan fingerprint density at radius 3 is 2.70 bits per heavy atom. The van der Waals surface area contributed by atoms with Crippen LogP contribution in [-0.4, -0.2) is 32.2 Å². The van der Waals surface area contributed by atoms with E-state index in [0.717, 1.165) is 4.47 Å². The summed E-state index contributed by atoms with van der Waals surface area (Å²) in [6.07, 6.45) is 1.54. The van der Waals surface area contributed by atoms with Crippen LogP contribution in [0, 0.1) is 0 Å². The summed E-state index contributed by atoms with van der Waals surface area (Å²) in [7, 11) is 0. The van der Waals surface area contributed by atoms with Crippen LogP contribution in [0.25, 0.3) is 0 Å². The number of imide groups is 1. The van der Waals surface area contributed by atoms with E-state index in [2.05, 4.69) is 31.1 Å². The molecule has 3 rings (SSSR count). The number of carbonyl (C=O) groups is 2. The van der Waals surface area contributed by atoms with Crippen molar-refractivity contribution >= 4 is 45.2 Å². The molecule has 8 heteroatoms. The van der Waals surface area contributed by atoms with Gasteiger partial charge in [-0.05, 0) is 24.3 Å². The Morgan fingerprint density at radius 2 is 2.05 bits per heavy atom. The van der Waals surface area contributed by atoms with Gasteiger partial charge in [0.25, 0.3) is 0 Å². The highest BCUT2D eigenvalue weighted by molar-refractivity contribution is 9.10. The summed E-state index contributed by atoms with van der Waals surface area (Å²) in [6, 6.07) is 7.07. The number of H-pyrrole nitrogens is 1. The average molecular weight is 353 g/mol.